The number of carbonyl (C=O) groups excluding carboxylic acids is 3. The van der Waals surface area contributed by atoms with Crippen molar-refractivity contribution in [3.8, 4) is 34.2 Å². The minimum Gasteiger partial charge on any atom is -0.381 e. The second kappa shape index (κ2) is 16.0. The van der Waals surface area contributed by atoms with Crippen LogP contribution >= 0.6 is 11.6 Å². The molecule has 1 atom stereocenters. The molecule has 12 heteroatoms. The topological polar surface area (TPSA) is 144 Å². The van der Waals surface area contributed by atoms with Gasteiger partial charge in [-0.05, 0) is 96.6 Å². The number of pyridine rings is 3. The minimum atomic E-state index is -0.500. The summed E-state index contributed by atoms with van der Waals surface area (Å²) >= 11 is 6.62. The Morgan fingerprint density at radius 2 is 1.77 bits per heavy atom. The van der Waals surface area contributed by atoms with E-state index in [1.165, 1.54) is 5.56 Å². The Hall–Kier alpha value is -6.35. The molecule has 5 heterocycles. The summed E-state index contributed by atoms with van der Waals surface area (Å²) in [5.74, 6) is 5.21. The quantitative estimate of drug-likeness (QED) is 0.121. The molecule has 11 nitrogen and oxygen atoms in total. The van der Waals surface area contributed by atoms with Crippen LogP contribution in [-0.2, 0) is 21.4 Å². The van der Waals surface area contributed by atoms with Crippen LogP contribution in [0.4, 0.5) is 5.69 Å². The number of benzene rings is 3. The summed E-state index contributed by atoms with van der Waals surface area (Å²) < 4.78 is 7.40. The van der Waals surface area contributed by atoms with Crippen molar-refractivity contribution in [1.82, 2.24) is 25.2 Å². The van der Waals surface area contributed by atoms with Crippen molar-refractivity contribution in [3.05, 3.63) is 123 Å². The Kier molecular flexibility index (Phi) is 10.6. The van der Waals surface area contributed by atoms with Gasteiger partial charge in [-0.1, -0.05) is 53.8 Å². The van der Waals surface area contributed by atoms with Gasteiger partial charge < -0.3 is 19.9 Å². The number of ether oxygens (including phenoxy) is 1. The van der Waals surface area contributed by atoms with Gasteiger partial charge in [0.1, 0.15) is 11.7 Å². The van der Waals surface area contributed by atoms with Crippen molar-refractivity contribution in [2.24, 2.45) is 7.05 Å². The lowest BCUT2D eigenvalue weighted by Gasteiger charge is -2.24. The van der Waals surface area contributed by atoms with E-state index in [9.17, 15) is 19.2 Å². The molecule has 3 amide bonds. The molecule has 6 aromatic rings. The van der Waals surface area contributed by atoms with Crippen LogP contribution in [-0.4, -0.2) is 58.1 Å². The van der Waals surface area contributed by atoms with E-state index < -0.39 is 11.9 Å². The summed E-state index contributed by atoms with van der Waals surface area (Å²) in [5.41, 5.74) is 7.62. The van der Waals surface area contributed by atoms with E-state index in [2.05, 4.69) is 51.0 Å². The summed E-state index contributed by atoms with van der Waals surface area (Å²) in [4.78, 5) is 58.9. The lowest BCUT2D eigenvalue weighted by atomic mass is 9.86. The molecule has 3 N–H and O–H groups in total. The number of imide groups is 1. The van der Waals surface area contributed by atoms with Gasteiger partial charge in [0.2, 0.25) is 11.8 Å². The third-order valence-corrected chi connectivity index (χ3v) is 10.9. The highest BCUT2D eigenvalue weighted by Crippen LogP contribution is 2.39. The molecule has 0 saturated carbocycles. The molecule has 0 aliphatic carbocycles. The van der Waals surface area contributed by atoms with E-state index in [1.54, 1.807) is 22.9 Å². The molecule has 2 saturated heterocycles. The fourth-order valence-corrected chi connectivity index (χ4v) is 7.87. The number of hydrogen-bond donors (Lipinski definition) is 3. The fraction of sp³-hybridized carbons (Fsp3) is 0.244. The molecule has 2 aliphatic heterocycles. The van der Waals surface area contributed by atoms with Crippen LogP contribution in [0, 0.1) is 18.8 Å². The van der Waals surface area contributed by atoms with Gasteiger partial charge in [-0.3, -0.25) is 29.5 Å². The van der Waals surface area contributed by atoms with Gasteiger partial charge in [0.05, 0.1) is 22.8 Å². The molecule has 1 unspecified atom stereocenters. The fourth-order valence-electron chi connectivity index (χ4n) is 7.61. The van der Waals surface area contributed by atoms with Crippen LogP contribution in [0.3, 0.4) is 0 Å². The maximum Gasteiger partial charge on any atom is 0.272 e. The molecule has 0 bridgehead atoms. The summed E-state index contributed by atoms with van der Waals surface area (Å²) in [5, 5.41) is 11.4. The highest BCUT2D eigenvalue weighted by atomic mass is 35.5. The highest BCUT2D eigenvalue weighted by molar-refractivity contribution is 6.33. The third kappa shape index (κ3) is 7.87. The van der Waals surface area contributed by atoms with Gasteiger partial charge in [-0.2, -0.15) is 0 Å². The Balaban J connectivity index is 0.999. The van der Waals surface area contributed by atoms with Gasteiger partial charge in [0.15, 0.2) is 0 Å². The average molecular weight is 779 g/mol. The first-order valence-corrected chi connectivity index (χ1v) is 19.2. The van der Waals surface area contributed by atoms with Crippen molar-refractivity contribution in [2.75, 3.05) is 25.1 Å². The SMILES string of the molecule is Cc1cc2c(-c3cccc4cc(-c5cnc(C(=O)NCC#Cc6cccc(NC7CCC(=O)NC7=O)c6)c(Cl)c5)ncc34)cc(C3CCOCC3)cc2n(C)c1=O. The lowest BCUT2D eigenvalue weighted by Crippen LogP contribution is -2.47. The number of aromatic nitrogens is 3. The maximum absolute atomic E-state index is 13.0. The van der Waals surface area contributed by atoms with E-state index in [0.717, 1.165) is 58.9 Å². The van der Waals surface area contributed by atoms with Crippen LogP contribution in [0.15, 0.2) is 90.0 Å². The number of aryl methyl sites for hydroxylation is 2. The van der Waals surface area contributed by atoms with E-state index in [4.69, 9.17) is 21.3 Å². The predicted molar refractivity (Wildman–Crippen MR) is 221 cm³/mol. The monoisotopic (exact) mass is 778 g/mol. The van der Waals surface area contributed by atoms with Crippen molar-refractivity contribution < 1.29 is 19.1 Å². The van der Waals surface area contributed by atoms with Gasteiger partial charge in [-0.15, -0.1) is 0 Å². The first kappa shape index (κ1) is 37.6. The number of carbonyl (C=O) groups is 3. The molecule has 3 aromatic heterocycles. The minimum absolute atomic E-state index is 0.00710. The van der Waals surface area contributed by atoms with Gasteiger partial charge in [-0.25, -0.2) is 4.98 Å². The summed E-state index contributed by atoms with van der Waals surface area (Å²) in [7, 11) is 1.84. The first-order chi connectivity index (χ1) is 27.6. The number of anilines is 1. The van der Waals surface area contributed by atoms with Crippen molar-refractivity contribution in [3.63, 3.8) is 0 Å². The maximum atomic E-state index is 13.0. The number of hydrogen-bond acceptors (Lipinski definition) is 8. The molecule has 57 heavy (non-hydrogen) atoms. The number of halogens is 1. The van der Waals surface area contributed by atoms with Crippen LogP contribution < -0.4 is 21.5 Å². The normalized spacial score (nSPS) is 15.9. The van der Waals surface area contributed by atoms with Crippen LogP contribution in [0.1, 0.15) is 58.8 Å². The van der Waals surface area contributed by atoms with E-state index >= 15 is 0 Å². The van der Waals surface area contributed by atoms with Crippen molar-refractivity contribution in [2.45, 2.75) is 44.6 Å². The number of amides is 3. The Bertz CT molecular complexity index is 2730. The van der Waals surface area contributed by atoms with E-state index in [1.807, 2.05) is 62.6 Å². The Morgan fingerprint density at radius 1 is 0.947 bits per heavy atom. The highest BCUT2D eigenvalue weighted by Gasteiger charge is 2.26. The summed E-state index contributed by atoms with van der Waals surface area (Å²) in [6.07, 6.45) is 6.00. The Labute approximate surface area is 333 Å². The third-order valence-electron chi connectivity index (χ3n) is 10.7. The zero-order chi connectivity index (χ0) is 39.6. The molecule has 286 valence electrons. The Morgan fingerprint density at radius 3 is 2.58 bits per heavy atom. The van der Waals surface area contributed by atoms with Crippen LogP contribution in [0.2, 0.25) is 5.02 Å². The van der Waals surface area contributed by atoms with Crippen molar-refractivity contribution in [1.29, 1.82) is 0 Å². The van der Waals surface area contributed by atoms with E-state index in [-0.39, 0.29) is 41.1 Å². The molecule has 2 fully saturated rings. The standard InChI is InChI=1S/C45H39ClN6O5/c1-26-18-35-34(20-30(28-13-16-57-17-14-28)23-40(35)52(2)45(26)56)33-10-4-8-29-22-39(48-25-36(29)33)31-21-37(46)42(49-24-31)44(55)47-15-5-7-27-6-3-9-32(19-27)50-38-11-12-41(53)51-43(38)54/h3-4,6,8-10,18-25,28,38,50H,11-17H2,1-2H3,(H,47,55)(H,51,53,54). The first-order valence-electron chi connectivity index (χ1n) is 18.9. The molecular formula is C45H39ClN6O5. The number of nitrogens with one attached hydrogen (secondary N) is 3. The number of nitrogens with zero attached hydrogens (tertiary/aromatic N) is 3. The zero-order valence-corrected chi connectivity index (χ0v) is 32.2. The molecule has 2 aliphatic rings. The predicted octanol–water partition coefficient (Wildman–Crippen LogP) is 6.67. The summed E-state index contributed by atoms with van der Waals surface area (Å²) in [6, 6.07) is 23.0. The zero-order valence-electron chi connectivity index (χ0n) is 31.4. The van der Waals surface area contributed by atoms with Crippen LogP contribution in [0.25, 0.3) is 44.1 Å². The number of rotatable bonds is 7. The summed E-state index contributed by atoms with van der Waals surface area (Å²) in [6.45, 7) is 3.35. The van der Waals surface area contributed by atoms with Crippen molar-refractivity contribution >= 4 is 56.7 Å². The van der Waals surface area contributed by atoms with Gasteiger partial charge >= 0.3 is 0 Å². The smallest absolute Gasteiger partial charge is 0.272 e. The van der Waals surface area contributed by atoms with Gasteiger partial charge in [0.25, 0.3) is 11.5 Å². The average Bonchev–Trinajstić information content (AvgIpc) is 3.22. The largest absolute Gasteiger partial charge is 0.381 e. The second-order valence-corrected chi connectivity index (χ2v) is 14.9. The molecular weight excluding hydrogens is 740 g/mol. The van der Waals surface area contributed by atoms with Crippen LogP contribution in [0.5, 0.6) is 0 Å². The molecule has 3 aromatic carbocycles. The van der Waals surface area contributed by atoms with Gasteiger partial charge in [0, 0.05) is 72.2 Å². The molecule has 8 rings (SSSR count). The molecule has 0 radical (unpaired) electrons. The van der Waals surface area contributed by atoms with E-state index in [0.29, 0.717) is 40.4 Å². The lowest BCUT2D eigenvalue weighted by molar-refractivity contribution is -0.133. The molecule has 0 spiro atoms. The number of fused-ring (bicyclic) bond motifs is 2. The number of piperidine rings is 1. The second-order valence-electron chi connectivity index (χ2n) is 14.4.